The maximum atomic E-state index is 12.4. The standard InChI is InChI=1S/C17H26N2O2/c1-11(2)18-16(21)10-19(6)9-15(20)17-13(4)7-12(3)8-14(17)5/h7-8,11H,9-10H2,1-6H3,(H,18,21). The Kier molecular flexibility index (Phi) is 6.09. The van der Waals surface area contributed by atoms with E-state index in [9.17, 15) is 9.59 Å². The molecule has 0 fully saturated rings. The zero-order valence-corrected chi connectivity index (χ0v) is 13.9. The fourth-order valence-electron chi connectivity index (χ4n) is 2.61. The first-order valence-electron chi connectivity index (χ1n) is 7.29. The summed E-state index contributed by atoms with van der Waals surface area (Å²) in [6.07, 6.45) is 0. The van der Waals surface area contributed by atoms with Crippen LogP contribution in [0.15, 0.2) is 12.1 Å². The lowest BCUT2D eigenvalue weighted by molar-refractivity contribution is -0.122. The number of hydrogen-bond acceptors (Lipinski definition) is 3. The molecule has 0 heterocycles. The molecule has 0 spiro atoms. The molecule has 1 amide bonds. The largest absolute Gasteiger partial charge is 0.353 e. The monoisotopic (exact) mass is 290 g/mol. The van der Waals surface area contributed by atoms with Gasteiger partial charge in [0.25, 0.3) is 0 Å². The van der Waals surface area contributed by atoms with Crippen LogP contribution in [0, 0.1) is 20.8 Å². The molecule has 4 heteroatoms. The molecule has 1 N–H and O–H groups in total. The molecule has 0 atom stereocenters. The Bertz CT molecular complexity index is 513. The number of hydrogen-bond donors (Lipinski definition) is 1. The first-order chi connectivity index (χ1) is 9.70. The summed E-state index contributed by atoms with van der Waals surface area (Å²) in [6, 6.07) is 4.15. The van der Waals surface area contributed by atoms with Crippen LogP contribution < -0.4 is 5.32 Å². The number of rotatable bonds is 6. The van der Waals surface area contributed by atoms with Gasteiger partial charge in [-0.15, -0.1) is 0 Å². The molecule has 1 aromatic carbocycles. The highest BCUT2D eigenvalue weighted by atomic mass is 16.2. The van der Waals surface area contributed by atoms with Crippen molar-refractivity contribution in [3.63, 3.8) is 0 Å². The van der Waals surface area contributed by atoms with Gasteiger partial charge in [-0.05, 0) is 52.8 Å². The van der Waals surface area contributed by atoms with E-state index in [1.165, 1.54) is 0 Å². The van der Waals surface area contributed by atoms with Gasteiger partial charge in [0.05, 0.1) is 13.1 Å². The van der Waals surface area contributed by atoms with E-state index in [1.54, 1.807) is 11.9 Å². The summed E-state index contributed by atoms with van der Waals surface area (Å²) in [7, 11) is 1.79. The smallest absolute Gasteiger partial charge is 0.234 e. The van der Waals surface area contributed by atoms with Crippen LogP contribution in [0.5, 0.6) is 0 Å². The number of nitrogens with one attached hydrogen (secondary N) is 1. The topological polar surface area (TPSA) is 49.4 Å². The lowest BCUT2D eigenvalue weighted by Gasteiger charge is -2.18. The Hall–Kier alpha value is -1.68. The van der Waals surface area contributed by atoms with E-state index in [2.05, 4.69) is 5.32 Å². The van der Waals surface area contributed by atoms with Gasteiger partial charge in [-0.3, -0.25) is 14.5 Å². The molecular formula is C17H26N2O2. The lowest BCUT2D eigenvalue weighted by atomic mass is 9.96. The normalized spacial score (nSPS) is 11.0. The van der Waals surface area contributed by atoms with E-state index >= 15 is 0 Å². The van der Waals surface area contributed by atoms with Crippen LogP contribution in [0.3, 0.4) is 0 Å². The fraction of sp³-hybridized carbons (Fsp3) is 0.529. The number of benzene rings is 1. The van der Waals surface area contributed by atoms with Gasteiger partial charge >= 0.3 is 0 Å². The van der Waals surface area contributed by atoms with Gasteiger partial charge in [-0.1, -0.05) is 17.7 Å². The minimum Gasteiger partial charge on any atom is -0.353 e. The average molecular weight is 290 g/mol. The van der Waals surface area contributed by atoms with Gasteiger partial charge in [0, 0.05) is 11.6 Å². The summed E-state index contributed by atoms with van der Waals surface area (Å²) >= 11 is 0. The summed E-state index contributed by atoms with van der Waals surface area (Å²) in [4.78, 5) is 25.9. The highest BCUT2D eigenvalue weighted by molar-refractivity contribution is 6.00. The van der Waals surface area contributed by atoms with Crippen LogP contribution in [0.2, 0.25) is 0 Å². The molecule has 1 rings (SSSR count). The minimum absolute atomic E-state index is 0.0577. The minimum atomic E-state index is -0.0577. The Labute approximate surface area is 127 Å². The number of likely N-dealkylation sites (N-methyl/N-ethyl adjacent to an activating group) is 1. The molecule has 0 aromatic heterocycles. The number of aryl methyl sites for hydroxylation is 3. The van der Waals surface area contributed by atoms with E-state index < -0.39 is 0 Å². The molecule has 0 saturated carbocycles. The highest BCUT2D eigenvalue weighted by Gasteiger charge is 2.16. The second-order valence-electron chi connectivity index (χ2n) is 6.09. The SMILES string of the molecule is Cc1cc(C)c(C(=O)CN(C)CC(=O)NC(C)C)c(C)c1. The van der Waals surface area contributed by atoms with Crippen LogP contribution >= 0.6 is 0 Å². The second-order valence-corrected chi connectivity index (χ2v) is 6.09. The Morgan fingerprint density at radius 2 is 1.62 bits per heavy atom. The molecule has 21 heavy (non-hydrogen) atoms. The zero-order valence-electron chi connectivity index (χ0n) is 13.9. The second kappa shape index (κ2) is 7.36. The predicted octanol–water partition coefficient (Wildman–Crippen LogP) is 2.25. The Morgan fingerprint density at radius 3 is 2.10 bits per heavy atom. The first kappa shape index (κ1) is 17.4. The van der Waals surface area contributed by atoms with E-state index in [-0.39, 0.29) is 30.8 Å². The number of carbonyl (C=O) groups is 2. The number of carbonyl (C=O) groups excluding carboxylic acids is 2. The van der Waals surface area contributed by atoms with Crippen molar-refractivity contribution in [1.82, 2.24) is 10.2 Å². The number of amides is 1. The van der Waals surface area contributed by atoms with Crippen molar-refractivity contribution < 1.29 is 9.59 Å². The summed E-state index contributed by atoms with van der Waals surface area (Å²) in [5.41, 5.74) is 3.93. The summed E-state index contributed by atoms with van der Waals surface area (Å²) in [5, 5.41) is 2.82. The Balaban J connectivity index is 2.71. The van der Waals surface area contributed by atoms with Crippen LogP contribution in [-0.4, -0.2) is 42.8 Å². The molecule has 0 radical (unpaired) electrons. The third kappa shape index (κ3) is 5.31. The van der Waals surface area contributed by atoms with E-state index in [0.29, 0.717) is 0 Å². The van der Waals surface area contributed by atoms with Crippen LogP contribution in [0.1, 0.15) is 40.9 Å². The maximum absolute atomic E-state index is 12.4. The molecule has 0 saturated heterocycles. The summed E-state index contributed by atoms with van der Waals surface area (Å²) in [5.74, 6) is 0.00231. The van der Waals surface area contributed by atoms with Crippen molar-refractivity contribution in [1.29, 1.82) is 0 Å². The molecular weight excluding hydrogens is 264 g/mol. The lowest BCUT2D eigenvalue weighted by Crippen LogP contribution is -2.40. The number of nitrogens with zero attached hydrogens (tertiary/aromatic N) is 1. The van der Waals surface area contributed by atoms with Crippen molar-refractivity contribution >= 4 is 11.7 Å². The molecule has 0 aliphatic heterocycles. The van der Waals surface area contributed by atoms with Gasteiger partial charge in [-0.25, -0.2) is 0 Å². The third-order valence-electron chi connectivity index (χ3n) is 3.23. The highest BCUT2D eigenvalue weighted by Crippen LogP contribution is 2.17. The predicted molar refractivity (Wildman–Crippen MR) is 85.8 cm³/mol. The van der Waals surface area contributed by atoms with Crippen molar-refractivity contribution in [3.8, 4) is 0 Å². The van der Waals surface area contributed by atoms with Crippen molar-refractivity contribution in [2.75, 3.05) is 20.1 Å². The summed E-state index contributed by atoms with van der Waals surface area (Å²) < 4.78 is 0. The van der Waals surface area contributed by atoms with Gasteiger partial charge in [0.2, 0.25) is 5.91 Å². The van der Waals surface area contributed by atoms with E-state index in [4.69, 9.17) is 0 Å². The van der Waals surface area contributed by atoms with Crippen molar-refractivity contribution in [2.24, 2.45) is 0 Å². The van der Waals surface area contributed by atoms with E-state index in [1.807, 2.05) is 46.8 Å². The van der Waals surface area contributed by atoms with Gasteiger partial charge in [0.1, 0.15) is 0 Å². The average Bonchev–Trinajstić information content (AvgIpc) is 2.24. The van der Waals surface area contributed by atoms with Gasteiger partial charge in [-0.2, -0.15) is 0 Å². The van der Waals surface area contributed by atoms with E-state index in [0.717, 1.165) is 22.3 Å². The molecule has 0 unspecified atom stereocenters. The third-order valence-corrected chi connectivity index (χ3v) is 3.23. The number of Topliss-reactive ketones (excluding diaryl/α,β-unsaturated/α-hetero) is 1. The molecule has 116 valence electrons. The first-order valence-corrected chi connectivity index (χ1v) is 7.29. The summed E-state index contributed by atoms with van der Waals surface area (Å²) in [6.45, 7) is 10.3. The molecule has 0 bridgehead atoms. The zero-order chi connectivity index (χ0) is 16.2. The Morgan fingerprint density at radius 1 is 1.10 bits per heavy atom. The van der Waals surface area contributed by atoms with Crippen molar-refractivity contribution in [3.05, 3.63) is 34.4 Å². The van der Waals surface area contributed by atoms with Gasteiger partial charge in [0.15, 0.2) is 5.78 Å². The van der Waals surface area contributed by atoms with Gasteiger partial charge < -0.3 is 5.32 Å². The molecule has 0 aliphatic carbocycles. The maximum Gasteiger partial charge on any atom is 0.234 e. The van der Waals surface area contributed by atoms with Crippen LogP contribution in [0.4, 0.5) is 0 Å². The van der Waals surface area contributed by atoms with Crippen LogP contribution in [-0.2, 0) is 4.79 Å². The van der Waals surface area contributed by atoms with Crippen molar-refractivity contribution in [2.45, 2.75) is 40.7 Å². The molecule has 4 nitrogen and oxygen atoms in total. The quantitative estimate of drug-likeness (QED) is 0.818. The number of ketones is 1. The molecule has 0 aliphatic rings. The fourth-order valence-corrected chi connectivity index (χ4v) is 2.61. The molecule has 1 aromatic rings. The van der Waals surface area contributed by atoms with Crippen LogP contribution in [0.25, 0.3) is 0 Å².